The molecule has 0 aliphatic carbocycles. The Hall–Kier alpha value is -3.31. The van der Waals surface area contributed by atoms with Crippen molar-refractivity contribution < 1.29 is 14.7 Å². The number of carbonyl (C=O) groups excluding carboxylic acids is 1. The van der Waals surface area contributed by atoms with E-state index in [1.165, 1.54) is 11.8 Å². The van der Waals surface area contributed by atoms with E-state index in [4.69, 9.17) is 5.11 Å². The highest BCUT2D eigenvalue weighted by atomic mass is 32.2. The first-order valence-corrected chi connectivity index (χ1v) is 10.0. The zero-order valence-electron chi connectivity index (χ0n) is 15.8. The average molecular weight is 401 g/mol. The van der Waals surface area contributed by atoms with E-state index in [-0.39, 0.29) is 11.5 Å². The number of rotatable bonds is 4. The van der Waals surface area contributed by atoms with Gasteiger partial charge in [-0.25, -0.2) is 4.79 Å². The molecular weight excluding hydrogens is 382 g/mol. The van der Waals surface area contributed by atoms with Crippen molar-refractivity contribution in [2.24, 2.45) is 0 Å². The van der Waals surface area contributed by atoms with Gasteiger partial charge in [0.2, 0.25) is 0 Å². The van der Waals surface area contributed by atoms with E-state index in [0.717, 1.165) is 27.3 Å². The molecule has 0 radical (unpaired) electrons. The molecule has 1 heterocycles. The van der Waals surface area contributed by atoms with Gasteiger partial charge in [-0.1, -0.05) is 65.9 Å². The predicted molar refractivity (Wildman–Crippen MR) is 116 cm³/mol. The number of carbonyl (C=O) groups is 2. The van der Waals surface area contributed by atoms with Gasteiger partial charge in [0.05, 0.1) is 22.7 Å². The van der Waals surface area contributed by atoms with E-state index in [2.05, 4.69) is 6.07 Å². The van der Waals surface area contributed by atoms with Gasteiger partial charge < -0.3 is 10.0 Å². The zero-order valence-corrected chi connectivity index (χ0v) is 16.6. The van der Waals surface area contributed by atoms with Crippen LogP contribution < -0.4 is 4.90 Å². The van der Waals surface area contributed by atoms with Crippen LogP contribution in [0, 0.1) is 6.92 Å². The molecule has 144 valence electrons. The number of nitrogens with zero attached hydrogens (tertiary/aromatic N) is 1. The molecule has 3 aromatic rings. The van der Waals surface area contributed by atoms with Crippen molar-refractivity contribution in [3.8, 4) is 0 Å². The molecule has 3 aromatic carbocycles. The first-order chi connectivity index (χ1) is 14.0. The molecule has 0 bridgehead atoms. The Morgan fingerprint density at radius 2 is 1.79 bits per heavy atom. The Bertz CT molecular complexity index is 1120. The van der Waals surface area contributed by atoms with Crippen LogP contribution in [0.3, 0.4) is 0 Å². The fourth-order valence-electron chi connectivity index (χ4n) is 3.29. The molecule has 0 aromatic heterocycles. The molecule has 4 rings (SSSR count). The molecule has 0 saturated heterocycles. The average Bonchev–Trinajstić information content (AvgIpc) is 2.71. The number of para-hydroxylation sites is 1. The van der Waals surface area contributed by atoms with Gasteiger partial charge in [-0.15, -0.1) is 0 Å². The van der Waals surface area contributed by atoms with Gasteiger partial charge in [0.15, 0.2) is 0 Å². The van der Waals surface area contributed by atoms with E-state index < -0.39 is 5.97 Å². The summed E-state index contributed by atoms with van der Waals surface area (Å²) in [6, 6.07) is 22.6. The molecule has 29 heavy (non-hydrogen) atoms. The predicted octanol–water partition coefficient (Wildman–Crippen LogP) is 5.37. The second kappa shape index (κ2) is 7.97. The maximum absolute atomic E-state index is 13.3. The Morgan fingerprint density at radius 1 is 1.03 bits per heavy atom. The molecule has 0 saturated carbocycles. The quantitative estimate of drug-likeness (QED) is 0.597. The molecule has 4 nitrogen and oxygen atoms in total. The van der Waals surface area contributed by atoms with E-state index in [1.807, 2.05) is 55.5 Å². The Balaban J connectivity index is 1.70. The van der Waals surface area contributed by atoms with Gasteiger partial charge in [-0.3, -0.25) is 4.79 Å². The van der Waals surface area contributed by atoms with E-state index in [0.29, 0.717) is 11.4 Å². The van der Waals surface area contributed by atoms with Crippen LogP contribution in [0.15, 0.2) is 82.6 Å². The molecule has 0 atom stereocenters. The van der Waals surface area contributed by atoms with Gasteiger partial charge in [0, 0.05) is 4.90 Å². The lowest BCUT2D eigenvalue weighted by molar-refractivity contribution is -0.114. The summed E-state index contributed by atoms with van der Waals surface area (Å²) < 4.78 is 0. The highest BCUT2D eigenvalue weighted by Gasteiger charge is 2.29. The summed E-state index contributed by atoms with van der Waals surface area (Å²) in [4.78, 5) is 27.8. The van der Waals surface area contributed by atoms with Crippen LogP contribution in [0.1, 0.15) is 27.0 Å². The van der Waals surface area contributed by atoms with Crippen molar-refractivity contribution in [1.29, 1.82) is 0 Å². The zero-order chi connectivity index (χ0) is 20.4. The van der Waals surface area contributed by atoms with E-state index in [1.54, 1.807) is 29.2 Å². The summed E-state index contributed by atoms with van der Waals surface area (Å²) in [5, 5.41) is 9.06. The number of thioether (sulfide) groups is 1. The van der Waals surface area contributed by atoms with Gasteiger partial charge in [0.25, 0.3) is 5.91 Å². The summed E-state index contributed by atoms with van der Waals surface area (Å²) in [6.45, 7) is 2.53. The van der Waals surface area contributed by atoms with Crippen LogP contribution in [-0.2, 0) is 11.3 Å². The SMILES string of the molecule is Cc1cccc(CN2C(=O)C(=Cc3ccc(C(=O)O)cc3)Sc3ccccc32)c1. The third-order valence-electron chi connectivity index (χ3n) is 4.71. The molecule has 1 amide bonds. The topological polar surface area (TPSA) is 57.6 Å². The lowest BCUT2D eigenvalue weighted by Crippen LogP contribution is -2.33. The molecule has 5 heteroatoms. The number of fused-ring (bicyclic) bond motifs is 1. The highest BCUT2D eigenvalue weighted by molar-refractivity contribution is 8.04. The second-order valence-corrected chi connectivity index (χ2v) is 7.97. The molecule has 0 spiro atoms. The van der Waals surface area contributed by atoms with Crippen LogP contribution >= 0.6 is 11.8 Å². The largest absolute Gasteiger partial charge is 0.478 e. The summed E-state index contributed by atoms with van der Waals surface area (Å²) >= 11 is 1.44. The summed E-state index contributed by atoms with van der Waals surface area (Å²) in [5.74, 6) is -1.02. The number of hydrogen-bond donors (Lipinski definition) is 1. The van der Waals surface area contributed by atoms with Crippen molar-refractivity contribution in [2.75, 3.05) is 4.90 Å². The van der Waals surface area contributed by atoms with Crippen molar-refractivity contribution in [2.45, 2.75) is 18.4 Å². The van der Waals surface area contributed by atoms with Gasteiger partial charge in [-0.2, -0.15) is 0 Å². The van der Waals surface area contributed by atoms with Gasteiger partial charge in [-0.05, 0) is 48.4 Å². The normalized spacial score (nSPS) is 14.7. The number of carboxylic acid groups (broad SMARTS) is 1. The van der Waals surface area contributed by atoms with Crippen LogP contribution in [0.25, 0.3) is 6.08 Å². The fourth-order valence-corrected chi connectivity index (χ4v) is 4.34. The Morgan fingerprint density at radius 3 is 2.52 bits per heavy atom. The summed E-state index contributed by atoms with van der Waals surface area (Å²) in [7, 11) is 0. The Labute approximate surface area is 173 Å². The molecule has 0 fully saturated rings. The molecule has 1 N–H and O–H groups in total. The lowest BCUT2D eigenvalue weighted by Gasteiger charge is -2.30. The monoisotopic (exact) mass is 401 g/mol. The van der Waals surface area contributed by atoms with Crippen LogP contribution in [-0.4, -0.2) is 17.0 Å². The first-order valence-electron chi connectivity index (χ1n) is 9.20. The van der Waals surface area contributed by atoms with Crippen molar-refractivity contribution in [3.05, 3.63) is 100.0 Å². The Kier molecular flexibility index (Phi) is 5.23. The molecule has 0 unspecified atom stereocenters. The van der Waals surface area contributed by atoms with Crippen LogP contribution in [0.4, 0.5) is 5.69 Å². The second-order valence-electron chi connectivity index (χ2n) is 6.89. The van der Waals surface area contributed by atoms with E-state index >= 15 is 0 Å². The van der Waals surface area contributed by atoms with Gasteiger partial charge in [0.1, 0.15) is 0 Å². The van der Waals surface area contributed by atoms with Gasteiger partial charge >= 0.3 is 5.97 Å². The molecule has 1 aliphatic rings. The summed E-state index contributed by atoms with van der Waals surface area (Å²) in [5.41, 5.74) is 4.15. The minimum atomic E-state index is -0.967. The van der Waals surface area contributed by atoms with Crippen molar-refractivity contribution >= 4 is 35.4 Å². The van der Waals surface area contributed by atoms with Crippen molar-refractivity contribution in [3.63, 3.8) is 0 Å². The highest BCUT2D eigenvalue weighted by Crippen LogP contribution is 2.42. The number of carboxylic acids is 1. The minimum absolute atomic E-state index is 0.0579. The number of aromatic carboxylic acids is 1. The minimum Gasteiger partial charge on any atom is -0.478 e. The number of benzene rings is 3. The standard InChI is InChI=1S/C24H19NO3S/c1-16-5-4-6-18(13-16)15-25-20-7-2-3-8-21(20)29-22(23(25)26)14-17-9-11-19(12-10-17)24(27)28/h2-14H,15H2,1H3,(H,27,28). The molecular formula is C24H19NO3S. The maximum atomic E-state index is 13.3. The maximum Gasteiger partial charge on any atom is 0.335 e. The van der Waals surface area contributed by atoms with E-state index in [9.17, 15) is 9.59 Å². The number of hydrogen-bond acceptors (Lipinski definition) is 3. The molecule has 1 aliphatic heterocycles. The fraction of sp³-hybridized carbons (Fsp3) is 0.0833. The number of amides is 1. The third kappa shape index (κ3) is 4.10. The summed E-state index contributed by atoms with van der Waals surface area (Å²) in [6.07, 6.45) is 1.82. The van der Waals surface area contributed by atoms with Crippen LogP contribution in [0.5, 0.6) is 0 Å². The first kappa shape index (κ1) is 19.0. The lowest BCUT2D eigenvalue weighted by atomic mass is 10.1. The third-order valence-corrected chi connectivity index (χ3v) is 5.79. The van der Waals surface area contributed by atoms with Crippen molar-refractivity contribution in [1.82, 2.24) is 0 Å². The number of anilines is 1. The number of aryl methyl sites for hydroxylation is 1. The van der Waals surface area contributed by atoms with Crippen LogP contribution in [0.2, 0.25) is 0 Å². The smallest absolute Gasteiger partial charge is 0.335 e.